The molecule has 0 aromatic carbocycles. The Kier molecular flexibility index (Phi) is 5.07. The molecular weight excluding hydrogens is 278 g/mol. The van der Waals surface area contributed by atoms with Gasteiger partial charge in [-0.25, -0.2) is 32.9 Å². The summed E-state index contributed by atoms with van der Waals surface area (Å²) in [6.45, 7) is 6.62. The normalized spacial score (nSPS) is 12.0. The average Bonchev–Trinajstić information content (AvgIpc) is 2.45. The highest BCUT2D eigenvalue weighted by Gasteiger charge is 2.18. The topological polar surface area (TPSA) is 92.3 Å². The van der Waals surface area contributed by atoms with E-state index >= 15 is 0 Å². The highest BCUT2D eigenvalue weighted by atomic mass is 16.5. The first kappa shape index (κ1) is 16.7. The predicted molar refractivity (Wildman–Crippen MR) is 76.2 cm³/mol. The Labute approximate surface area is 120 Å². The fraction of sp³-hybridized carbons (Fsp3) is 0.538. The highest BCUT2D eigenvalue weighted by Crippen LogP contribution is 2.03. The number of nitrogens with zero attached hydrogens (tertiary/aromatic N) is 3. The van der Waals surface area contributed by atoms with Crippen LogP contribution >= 0.6 is 0 Å². The quantitative estimate of drug-likeness (QED) is 0.521. The van der Waals surface area contributed by atoms with Crippen molar-refractivity contribution in [2.75, 3.05) is 0 Å². The molecule has 1 aromatic heterocycles. The summed E-state index contributed by atoms with van der Waals surface area (Å²) in [6, 6.07) is 0. The minimum atomic E-state index is -0.743. The van der Waals surface area contributed by atoms with Crippen LogP contribution in [0.1, 0.15) is 20.3 Å². The van der Waals surface area contributed by atoms with Crippen LogP contribution in [0.25, 0.3) is 0 Å². The van der Waals surface area contributed by atoms with Crippen LogP contribution in [0.5, 0.6) is 0 Å². The third-order valence-electron chi connectivity index (χ3n) is 3.07. The second-order valence-corrected chi connectivity index (χ2v) is 4.79. The molecule has 8 nitrogen and oxygen atoms in total. The Morgan fingerprint density at radius 1 is 1.14 bits per heavy atom. The summed E-state index contributed by atoms with van der Waals surface area (Å²) in [6.07, 6.45) is -0.241. The molecular formula is C13H19N3O5. The third-order valence-corrected chi connectivity index (χ3v) is 3.07. The van der Waals surface area contributed by atoms with Crippen molar-refractivity contribution in [3.63, 3.8) is 0 Å². The van der Waals surface area contributed by atoms with Gasteiger partial charge in [-0.05, 0) is 13.3 Å². The molecule has 1 rings (SSSR count). The van der Waals surface area contributed by atoms with Crippen LogP contribution in [0.3, 0.4) is 0 Å². The van der Waals surface area contributed by atoms with Gasteiger partial charge in [0.2, 0.25) is 0 Å². The molecule has 0 aliphatic rings. The van der Waals surface area contributed by atoms with Gasteiger partial charge in [0.1, 0.15) is 6.10 Å². The van der Waals surface area contributed by atoms with Crippen molar-refractivity contribution < 1.29 is 9.53 Å². The summed E-state index contributed by atoms with van der Waals surface area (Å²) >= 11 is 0. The molecule has 0 N–H and O–H groups in total. The zero-order valence-corrected chi connectivity index (χ0v) is 12.6. The molecule has 0 aliphatic carbocycles. The van der Waals surface area contributed by atoms with Crippen LogP contribution in [-0.4, -0.2) is 25.8 Å². The first-order chi connectivity index (χ1) is 9.70. The molecule has 1 aromatic rings. The average molecular weight is 297 g/mol. The van der Waals surface area contributed by atoms with Gasteiger partial charge in [-0.3, -0.25) is 0 Å². The van der Waals surface area contributed by atoms with Gasteiger partial charge in [0.25, 0.3) is 0 Å². The van der Waals surface area contributed by atoms with E-state index in [-0.39, 0.29) is 12.1 Å². The fourth-order valence-electron chi connectivity index (χ4n) is 1.69. The smallest absolute Gasteiger partial charge is 0.336 e. The maximum absolute atomic E-state index is 12.0. The number of hydrogen-bond acceptors (Lipinski definition) is 5. The van der Waals surface area contributed by atoms with E-state index in [2.05, 4.69) is 6.58 Å². The maximum atomic E-state index is 12.0. The molecule has 1 heterocycles. The summed E-state index contributed by atoms with van der Waals surface area (Å²) < 4.78 is 7.68. The van der Waals surface area contributed by atoms with E-state index < -0.39 is 29.1 Å². The van der Waals surface area contributed by atoms with Crippen LogP contribution in [0.4, 0.5) is 0 Å². The molecule has 21 heavy (non-hydrogen) atoms. The lowest BCUT2D eigenvalue weighted by molar-refractivity contribution is -0.145. The van der Waals surface area contributed by atoms with Crippen LogP contribution in [0.15, 0.2) is 26.5 Å². The predicted octanol–water partition coefficient (Wildman–Crippen LogP) is -0.856. The van der Waals surface area contributed by atoms with E-state index in [1.165, 1.54) is 21.0 Å². The SMILES string of the molecule is C=C(C)C(=O)OC(CC)Cn1c(=O)n(C)c(=O)n(C)c1=O. The Balaban J connectivity index is 3.21. The Bertz CT molecular complexity index is 697. The van der Waals surface area contributed by atoms with E-state index in [1.54, 1.807) is 6.92 Å². The molecule has 1 unspecified atom stereocenters. The number of carbonyl (C=O) groups excluding carboxylic acids is 1. The third kappa shape index (κ3) is 3.39. The number of ether oxygens (including phenoxy) is 1. The second-order valence-electron chi connectivity index (χ2n) is 4.79. The molecule has 0 saturated heterocycles. The van der Waals surface area contributed by atoms with Crippen molar-refractivity contribution in [1.82, 2.24) is 13.7 Å². The van der Waals surface area contributed by atoms with Gasteiger partial charge in [0.15, 0.2) is 0 Å². The van der Waals surface area contributed by atoms with Crippen molar-refractivity contribution in [1.29, 1.82) is 0 Å². The lowest BCUT2D eigenvalue weighted by atomic mass is 10.2. The number of carbonyl (C=O) groups is 1. The monoisotopic (exact) mass is 297 g/mol. The summed E-state index contributed by atoms with van der Waals surface area (Å²) in [5.41, 5.74) is -1.96. The largest absolute Gasteiger partial charge is 0.457 e. The van der Waals surface area contributed by atoms with Gasteiger partial charge in [-0.15, -0.1) is 0 Å². The van der Waals surface area contributed by atoms with E-state index in [0.29, 0.717) is 6.42 Å². The van der Waals surface area contributed by atoms with E-state index in [4.69, 9.17) is 4.74 Å². The summed E-state index contributed by atoms with van der Waals surface area (Å²) in [5.74, 6) is -0.587. The van der Waals surface area contributed by atoms with Crippen molar-refractivity contribution in [2.45, 2.75) is 32.9 Å². The number of rotatable bonds is 5. The zero-order chi connectivity index (χ0) is 16.3. The molecule has 0 saturated carbocycles. The van der Waals surface area contributed by atoms with Crippen molar-refractivity contribution in [3.8, 4) is 0 Å². The minimum Gasteiger partial charge on any atom is -0.457 e. The molecule has 116 valence electrons. The van der Waals surface area contributed by atoms with E-state index in [1.807, 2.05) is 0 Å². The molecule has 1 atom stereocenters. The molecule has 0 fully saturated rings. The van der Waals surface area contributed by atoms with Gasteiger partial charge >= 0.3 is 23.0 Å². The number of hydrogen-bond donors (Lipinski definition) is 0. The van der Waals surface area contributed by atoms with Crippen molar-refractivity contribution in [3.05, 3.63) is 43.6 Å². The Hall–Kier alpha value is -2.38. The van der Waals surface area contributed by atoms with Crippen LogP contribution in [-0.2, 0) is 30.2 Å². The standard InChI is InChI=1S/C13H19N3O5/c1-6-9(21-10(17)8(2)3)7-16-12(19)14(4)11(18)15(5)13(16)20/h9H,2,6-7H2,1,3-5H3. The van der Waals surface area contributed by atoms with Gasteiger partial charge < -0.3 is 4.74 Å². The molecule has 0 amide bonds. The van der Waals surface area contributed by atoms with Crippen molar-refractivity contribution >= 4 is 5.97 Å². The first-order valence-corrected chi connectivity index (χ1v) is 6.44. The molecule has 0 bridgehead atoms. The number of aromatic nitrogens is 3. The molecule has 0 aliphatic heterocycles. The van der Waals surface area contributed by atoms with Crippen LogP contribution in [0.2, 0.25) is 0 Å². The van der Waals surface area contributed by atoms with E-state index in [0.717, 1.165) is 13.7 Å². The first-order valence-electron chi connectivity index (χ1n) is 6.44. The summed E-state index contributed by atoms with van der Waals surface area (Å²) in [5, 5.41) is 0. The summed E-state index contributed by atoms with van der Waals surface area (Å²) in [7, 11) is 2.56. The van der Waals surface area contributed by atoms with Crippen LogP contribution in [0, 0.1) is 0 Å². The van der Waals surface area contributed by atoms with Gasteiger partial charge in [0.05, 0.1) is 6.54 Å². The zero-order valence-electron chi connectivity index (χ0n) is 12.6. The lowest BCUT2D eigenvalue weighted by Gasteiger charge is -2.17. The van der Waals surface area contributed by atoms with Crippen LogP contribution < -0.4 is 17.1 Å². The molecule has 0 spiro atoms. The Morgan fingerprint density at radius 2 is 1.62 bits per heavy atom. The van der Waals surface area contributed by atoms with Crippen molar-refractivity contribution in [2.24, 2.45) is 14.1 Å². The molecule has 8 heteroatoms. The second kappa shape index (κ2) is 6.38. The highest BCUT2D eigenvalue weighted by molar-refractivity contribution is 5.87. The maximum Gasteiger partial charge on any atom is 0.336 e. The fourth-order valence-corrected chi connectivity index (χ4v) is 1.69. The van der Waals surface area contributed by atoms with E-state index in [9.17, 15) is 19.2 Å². The van der Waals surface area contributed by atoms with Gasteiger partial charge in [0, 0.05) is 19.7 Å². The number of esters is 1. The van der Waals surface area contributed by atoms with Gasteiger partial charge in [-0.1, -0.05) is 13.5 Å². The summed E-state index contributed by atoms with van der Waals surface area (Å²) in [4.78, 5) is 47.1. The lowest BCUT2D eigenvalue weighted by Crippen LogP contribution is -2.54. The minimum absolute atomic E-state index is 0.116. The Morgan fingerprint density at radius 3 is 2.00 bits per heavy atom. The molecule has 0 radical (unpaired) electrons. The van der Waals surface area contributed by atoms with Gasteiger partial charge in [-0.2, -0.15) is 0 Å².